The first-order valence-corrected chi connectivity index (χ1v) is 16.2. The summed E-state index contributed by atoms with van der Waals surface area (Å²) in [7, 11) is 0. The van der Waals surface area contributed by atoms with Gasteiger partial charge < -0.3 is 4.74 Å². The fraction of sp³-hybridized carbons (Fsp3) is 0.879. The normalized spacial score (nSPS) is 31.3. The maximum absolute atomic E-state index is 5.84. The quantitative estimate of drug-likeness (QED) is 0.255. The molecule has 0 spiro atoms. The van der Waals surface area contributed by atoms with Gasteiger partial charge in [-0.1, -0.05) is 71.6 Å². The van der Waals surface area contributed by atoms with Crippen molar-refractivity contribution in [2.75, 3.05) is 6.61 Å². The SMILES string of the molecule is CCCCCCOc1cnc(C2CCC(C3CCC(C4CCC(CCCCC)CC4)CC3)CC2)nc1. The van der Waals surface area contributed by atoms with Crippen LogP contribution in [0.15, 0.2) is 12.4 Å². The third-order valence-electron chi connectivity index (χ3n) is 10.3. The van der Waals surface area contributed by atoms with Gasteiger partial charge in [-0.2, -0.15) is 0 Å². The molecule has 3 nitrogen and oxygen atoms in total. The predicted octanol–water partition coefficient (Wildman–Crippen LogP) is 9.90. The molecule has 3 aliphatic rings. The zero-order valence-corrected chi connectivity index (χ0v) is 23.8. The van der Waals surface area contributed by atoms with E-state index in [9.17, 15) is 0 Å². The fourth-order valence-electron chi connectivity index (χ4n) is 7.90. The molecule has 0 atom stereocenters. The smallest absolute Gasteiger partial charge is 0.155 e. The average molecular weight is 497 g/mol. The highest BCUT2D eigenvalue weighted by atomic mass is 16.5. The second kappa shape index (κ2) is 15.3. The molecule has 0 amide bonds. The molecule has 1 heterocycles. The van der Waals surface area contributed by atoms with Gasteiger partial charge in [-0.3, -0.25) is 0 Å². The van der Waals surface area contributed by atoms with Crippen molar-refractivity contribution in [3.63, 3.8) is 0 Å². The molecule has 36 heavy (non-hydrogen) atoms. The number of aromatic nitrogens is 2. The van der Waals surface area contributed by atoms with Crippen LogP contribution < -0.4 is 4.74 Å². The summed E-state index contributed by atoms with van der Waals surface area (Å²) in [5.74, 6) is 7.58. The van der Waals surface area contributed by atoms with Gasteiger partial charge in [0.2, 0.25) is 0 Å². The largest absolute Gasteiger partial charge is 0.490 e. The number of hydrogen-bond acceptors (Lipinski definition) is 3. The number of hydrogen-bond donors (Lipinski definition) is 0. The van der Waals surface area contributed by atoms with Gasteiger partial charge >= 0.3 is 0 Å². The lowest BCUT2D eigenvalue weighted by molar-refractivity contribution is 0.108. The summed E-state index contributed by atoms with van der Waals surface area (Å²) in [6.07, 6.45) is 32.1. The third kappa shape index (κ3) is 8.45. The van der Waals surface area contributed by atoms with Crippen molar-refractivity contribution in [2.45, 2.75) is 148 Å². The summed E-state index contributed by atoms with van der Waals surface area (Å²) >= 11 is 0. The van der Waals surface area contributed by atoms with Crippen LogP contribution in [-0.2, 0) is 0 Å². The molecule has 0 N–H and O–H groups in total. The Kier molecular flexibility index (Phi) is 11.9. The molecule has 3 saturated carbocycles. The van der Waals surface area contributed by atoms with Crippen molar-refractivity contribution >= 4 is 0 Å². The Hall–Kier alpha value is -1.12. The summed E-state index contributed by atoms with van der Waals surface area (Å²) in [5.41, 5.74) is 0. The Morgan fingerprint density at radius 3 is 1.67 bits per heavy atom. The van der Waals surface area contributed by atoms with Gasteiger partial charge in [0, 0.05) is 5.92 Å². The summed E-state index contributed by atoms with van der Waals surface area (Å²) < 4.78 is 5.84. The van der Waals surface area contributed by atoms with Gasteiger partial charge in [-0.15, -0.1) is 0 Å². The molecule has 0 aliphatic heterocycles. The fourth-order valence-corrected chi connectivity index (χ4v) is 7.90. The van der Waals surface area contributed by atoms with E-state index in [0.29, 0.717) is 5.92 Å². The molecular formula is C33H56N2O. The number of nitrogens with zero attached hydrogens (tertiary/aromatic N) is 2. The lowest BCUT2D eigenvalue weighted by Crippen LogP contribution is -2.29. The van der Waals surface area contributed by atoms with Gasteiger partial charge in [0.25, 0.3) is 0 Å². The Morgan fingerprint density at radius 2 is 1.11 bits per heavy atom. The minimum absolute atomic E-state index is 0.559. The molecule has 0 radical (unpaired) electrons. The van der Waals surface area contributed by atoms with Crippen LogP contribution in [0.1, 0.15) is 154 Å². The van der Waals surface area contributed by atoms with Crippen LogP contribution in [0.2, 0.25) is 0 Å². The maximum Gasteiger partial charge on any atom is 0.155 e. The Morgan fingerprint density at radius 1 is 0.611 bits per heavy atom. The van der Waals surface area contributed by atoms with E-state index in [2.05, 4.69) is 13.8 Å². The van der Waals surface area contributed by atoms with Crippen LogP contribution in [-0.4, -0.2) is 16.6 Å². The van der Waals surface area contributed by atoms with Crippen LogP contribution in [0.3, 0.4) is 0 Å². The average Bonchev–Trinajstić information content (AvgIpc) is 2.94. The van der Waals surface area contributed by atoms with Crippen molar-refractivity contribution in [3.05, 3.63) is 18.2 Å². The summed E-state index contributed by atoms with van der Waals surface area (Å²) in [6, 6.07) is 0. The van der Waals surface area contributed by atoms with Gasteiger partial charge in [0.05, 0.1) is 19.0 Å². The molecular weight excluding hydrogens is 440 g/mol. The first-order chi connectivity index (χ1) is 17.8. The summed E-state index contributed by atoms with van der Waals surface area (Å²) in [6.45, 7) is 5.36. The lowest BCUT2D eigenvalue weighted by atomic mass is 9.65. The van der Waals surface area contributed by atoms with E-state index in [-0.39, 0.29) is 0 Å². The molecule has 1 aromatic rings. The predicted molar refractivity (Wildman–Crippen MR) is 151 cm³/mol. The highest BCUT2D eigenvalue weighted by molar-refractivity contribution is 5.14. The van der Waals surface area contributed by atoms with E-state index in [0.717, 1.165) is 54.2 Å². The molecule has 0 aromatic carbocycles. The molecule has 3 heteroatoms. The van der Waals surface area contributed by atoms with Crippen molar-refractivity contribution in [3.8, 4) is 5.75 Å². The van der Waals surface area contributed by atoms with Crippen molar-refractivity contribution in [1.29, 1.82) is 0 Å². The van der Waals surface area contributed by atoms with E-state index in [1.165, 1.54) is 109 Å². The molecule has 4 rings (SSSR count). The second-order valence-electron chi connectivity index (χ2n) is 12.7. The molecule has 204 valence electrons. The van der Waals surface area contributed by atoms with Crippen molar-refractivity contribution < 1.29 is 4.74 Å². The monoisotopic (exact) mass is 496 g/mol. The van der Waals surface area contributed by atoms with Crippen molar-refractivity contribution in [1.82, 2.24) is 9.97 Å². The van der Waals surface area contributed by atoms with Gasteiger partial charge in [0.1, 0.15) is 5.82 Å². The molecule has 0 saturated heterocycles. The van der Waals surface area contributed by atoms with Crippen LogP contribution in [0, 0.1) is 29.6 Å². The minimum Gasteiger partial charge on any atom is -0.490 e. The minimum atomic E-state index is 0.559. The zero-order valence-electron chi connectivity index (χ0n) is 23.8. The lowest BCUT2D eigenvalue weighted by Gasteiger charge is -2.41. The van der Waals surface area contributed by atoms with Crippen LogP contribution >= 0.6 is 0 Å². The van der Waals surface area contributed by atoms with Gasteiger partial charge in [-0.05, 0) is 100 Å². The second-order valence-corrected chi connectivity index (χ2v) is 12.7. The molecule has 3 aliphatic carbocycles. The summed E-state index contributed by atoms with van der Waals surface area (Å²) in [4.78, 5) is 9.41. The van der Waals surface area contributed by atoms with Crippen molar-refractivity contribution in [2.24, 2.45) is 29.6 Å². The first-order valence-electron chi connectivity index (χ1n) is 16.2. The van der Waals surface area contributed by atoms with Crippen LogP contribution in [0.25, 0.3) is 0 Å². The number of rotatable bonds is 13. The topological polar surface area (TPSA) is 35.0 Å². The summed E-state index contributed by atoms with van der Waals surface area (Å²) in [5, 5.41) is 0. The standard InChI is InChI=1S/C33H56N2O/c1-3-5-7-9-23-36-32-24-34-33(35-25-32)31-21-19-30(20-22-31)29-17-15-28(16-18-29)27-13-11-26(12-14-27)10-8-6-4-2/h24-31H,3-23H2,1-2H3. The first kappa shape index (κ1) is 27.9. The Balaban J connectivity index is 1.11. The molecule has 1 aromatic heterocycles. The maximum atomic E-state index is 5.84. The molecule has 3 fully saturated rings. The van der Waals surface area contributed by atoms with E-state index in [1.807, 2.05) is 12.4 Å². The van der Waals surface area contributed by atoms with Crippen LogP contribution in [0.5, 0.6) is 5.75 Å². The van der Waals surface area contributed by atoms with E-state index >= 15 is 0 Å². The number of unbranched alkanes of at least 4 members (excludes halogenated alkanes) is 5. The highest BCUT2D eigenvalue weighted by Gasteiger charge is 2.35. The third-order valence-corrected chi connectivity index (χ3v) is 10.3. The number of ether oxygens (including phenoxy) is 1. The van der Waals surface area contributed by atoms with Crippen LogP contribution in [0.4, 0.5) is 0 Å². The van der Waals surface area contributed by atoms with Gasteiger partial charge in [0.15, 0.2) is 5.75 Å². The molecule has 0 unspecified atom stereocenters. The molecule has 0 bridgehead atoms. The van der Waals surface area contributed by atoms with E-state index < -0.39 is 0 Å². The van der Waals surface area contributed by atoms with Gasteiger partial charge in [-0.25, -0.2) is 9.97 Å². The highest BCUT2D eigenvalue weighted by Crippen LogP contribution is 2.47. The van der Waals surface area contributed by atoms with E-state index in [4.69, 9.17) is 14.7 Å². The Bertz CT molecular complexity index is 695. The Labute approximate surface area is 223 Å². The zero-order chi connectivity index (χ0) is 25.0. The van der Waals surface area contributed by atoms with E-state index in [1.54, 1.807) is 12.8 Å².